The predicted octanol–water partition coefficient (Wildman–Crippen LogP) is 0.811. The molecule has 0 spiro atoms. The van der Waals surface area contributed by atoms with Crippen molar-refractivity contribution in [1.29, 1.82) is 5.41 Å². The molecule has 1 aromatic rings. The second-order valence-corrected chi connectivity index (χ2v) is 7.04. The molecule has 0 aliphatic rings. The SMILES string of the molecule is Cc1ccnc(SCCS(C)(=O)=O)c1C(=N)N. The number of amidine groups is 1. The summed E-state index contributed by atoms with van der Waals surface area (Å²) in [6.07, 6.45) is 2.83. The maximum Gasteiger partial charge on any atom is 0.148 e. The Kier molecular flexibility index (Phi) is 4.53. The third-order valence-corrected chi connectivity index (χ3v) is 4.28. The Hall–Kier alpha value is -1.08. The number of pyridine rings is 1. The second-order valence-electron chi connectivity index (χ2n) is 3.70. The van der Waals surface area contributed by atoms with Crippen molar-refractivity contribution in [1.82, 2.24) is 4.98 Å². The first kappa shape index (κ1) is 14.0. The van der Waals surface area contributed by atoms with Crippen molar-refractivity contribution < 1.29 is 8.42 Å². The van der Waals surface area contributed by atoms with Crippen LogP contribution in [0.25, 0.3) is 0 Å². The van der Waals surface area contributed by atoms with Crippen molar-refractivity contribution in [3.8, 4) is 0 Å². The van der Waals surface area contributed by atoms with Crippen LogP contribution in [0.3, 0.4) is 0 Å². The van der Waals surface area contributed by atoms with Gasteiger partial charge in [-0.1, -0.05) is 0 Å². The topological polar surface area (TPSA) is 96.9 Å². The van der Waals surface area contributed by atoms with Gasteiger partial charge in [-0.3, -0.25) is 5.41 Å². The van der Waals surface area contributed by atoms with Gasteiger partial charge in [0.15, 0.2) is 0 Å². The fourth-order valence-electron chi connectivity index (χ4n) is 1.26. The van der Waals surface area contributed by atoms with Gasteiger partial charge >= 0.3 is 0 Å². The summed E-state index contributed by atoms with van der Waals surface area (Å²) in [7, 11) is -2.97. The predicted molar refractivity (Wildman–Crippen MR) is 70.4 cm³/mol. The molecule has 0 aromatic carbocycles. The molecule has 94 valence electrons. The average Bonchev–Trinajstić information content (AvgIpc) is 2.14. The van der Waals surface area contributed by atoms with Crippen LogP contribution in [0.15, 0.2) is 17.3 Å². The van der Waals surface area contributed by atoms with Crippen molar-refractivity contribution in [3.05, 3.63) is 23.4 Å². The first-order valence-electron chi connectivity index (χ1n) is 4.92. The molecule has 0 amide bonds. The normalized spacial score (nSPS) is 11.4. The maximum absolute atomic E-state index is 11.0. The number of hydrogen-bond acceptors (Lipinski definition) is 5. The van der Waals surface area contributed by atoms with Crippen LogP contribution in [0, 0.1) is 12.3 Å². The Morgan fingerprint density at radius 2 is 2.24 bits per heavy atom. The molecule has 0 aliphatic heterocycles. The summed E-state index contributed by atoms with van der Waals surface area (Å²) in [5.41, 5.74) is 6.94. The zero-order valence-electron chi connectivity index (χ0n) is 9.73. The second kappa shape index (κ2) is 5.50. The van der Waals surface area contributed by atoms with Gasteiger partial charge < -0.3 is 5.73 Å². The zero-order valence-corrected chi connectivity index (χ0v) is 11.4. The molecule has 0 unspecified atom stereocenters. The summed E-state index contributed by atoms with van der Waals surface area (Å²) in [5.74, 6) is 0.456. The van der Waals surface area contributed by atoms with Crippen molar-refractivity contribution in [2.45, 2.75) is 11.9 Å². The van der Waals surface area contributed by atoms with Gasteiger partial charge in [-0.2, -0.15) is 0 Å². The molecular weight excluding hydrogens is 258 g/mol. The molecule has 0 fully saturated rings. The van der Waals surface area contributed by atoms with Crippen molar-refractivity contribution in [2.75, 3.05) is 17.8 Å². The molecule has 0 saturated heterocycles. The molecule has 7 heteroatoms. The van der Waals surface area contributed by atoms with E-state index >= 15 is 0 Å². The number of hydrogen-bond donors (Lipinski definition) is 2. The van der Waals surface area contributed by atoms with Gasteiger partial charge in [0, 0.05) is 18.2 Å². The summed E-state index contributed by atoms with van der Waals surface area (Å²) in [6, 6.07) is 1.78. The molecule has 0 radical (unpaired) electrons. The van der Waals surface area contributed by atoms with Crippen molar-refractivity contribution >= 4 is 27.4 Å². The fourth-order valence-corrected chi connectivity index (χ4v) is 3.55. The van der Waals surface area contributed by atoms with Gasteiger partial charge in [-0.25, -0.2) is 13.4 Å². The van der Waals surface area contributed by atoms with Gasteiger partial charge in [0.05, 0.1) is 11.3 Å². The lowest BCUT2D eigenvalue weighted by atomic mass is 10.1. The molecule has 5 nitrogen and oxygen atoms in total. The summed E-state index contributed by atoms with van der Waals surface area (Å²) in [5, 5.41) is 8.09. The van der Waals surface area contributed by atoms with E-state index < -0.39 is 9.84 Å². The quantitative estimate of drug-likeness (QED) is 0.470. The molecule has 0 saturated carbocycles. The summed E-state index contributed by atoms with van der Waals surface area (Å²) >= 11 is 1.31. The fraction of sp³-hybridized carbons (Fsp3) is 0.400. The first-order chi connectivity index (χ1) is 7.81. The third-order valence-electron chi connectivity index (χ3n) is 2.09. The number of sulfone groups is 1. The summed E-state index contributed by atoms with van der Waals surface area (Å²) in [4.78, 5) is 4.13. The van der Waals surface area contributed by atoms with Gasteiger partial charge in [0.2, 0.25) is 0 Å². The van der Waals surface area contributed by atoms with Crippen LogP contribution in [0.1, 0.15) is 11.1 Å². The smallest absolute Gasteiger partial charge is 0.148 e. The van der Waals surface area contributed by atoms with Gasteiger partial charge in [0.1, 0.15) is 20.7 Å². The van der Waals surface area contributed by atoms with E-state index in [4.69, 9.17) is 11.1 Å². The molecule has 17 heavy (non-hydrogen) atoms. The Morgan fingerprint density at radius 1 is 1.59 bits per heavy atom. The van der Waals surface area contributed by atoms with E-state index in [1.807, 2.05) is 6.92 Å². The van der Waals surface area contributed by atoms with E-state index in [1.165, 1.54) is 18.0 Å². The zero-order chi connectivity index (χ0) is 13.1. The highest BCUT2D eigenvalue weighted by molar-refractivity contribution is 8.00. The molecule has 3 N–H and O–H groups in total. The van der Waals surface area contributed by atoms with E-state index in [9.17, 15) is 8.42 Å². The van der Waals surface area contributed by atoms with Crippen molar-refractivity contribution in [2.24, 2.45) is 5.73 Å². The van der Waals surface area contributed by atoms with Crippen LogP contribution < -0.4 is 5.73 Å². The Morgan fingerprint density at radius 3 is 2.76 bits per heavy atom. The lowest BCUT2D eigenvalue weighted by Crippen LogP contribution is -2.15. The minimum absolute atomic E-state index is 0.0440. The number of nitrogens with one attached hydrogen (secondary N) is 1. The van der Waals surface area contributed by atoms with Crippen LogP contribution in [0.5, 0.6) is 0 Å². The van der Waals surface area contributed by atoms with E-state index in [0.717, 1.165) is 5.56 Å². The number of thioether (sulfide) groups is 1. The summed E-state index contributed by atoms with van der Waals surface area (Å²) < 4.78 is 22.0. The van der Waals surface area contributed by atoms with Gasteiger partial charge in [-0.05, 0) is 18.6 Å². The third kappa shape index (κ3) is 4.35. The molecule has 1 heterocycles. The highest BCUT2D eigenvalue weighted by atomic mass is 32.2. The van der Waals surface area contributed by atoms with Crippen LogP contribution in [0.4, 0.5) is 0 Å². The largest absolute Gasteiger partial charge is 0.384 e. The van der Waals surface area contributed by atoms with Crippen LogP contribution >= 0.6 is 11.8 Å². The molecule has 0 aliphatic carbocycles. The van der Waals surface area contributed by atoms with E-state index in [1.54, 1.807) is 12.3 Å². The molecule has 1 rings (SSSR count). The number of nitrogens with two attached hydrogens (primary N) is 1. The number of nitrogen functional groups attached to an aromatic ring is 1. The number of nitrogens with zero attached hydrogens (tertiary/aromatic N) is 1. The minimum atomic E-state index is -2.97. The number of aryl methyl sites for hydroxylation is 1. The van der Waals surface area contributed by atoms with E-state index in [-0.39, 0.29) is 11.6 Å². The molecule has 0 atom stereocenters. The van der Waals surface area contributed by atoms with Gasteiger partial charge in [0.25, 0.3) is 0 Å². The monoisotopic (exact) mass is 273 g/mol. The lowest BCUT2D eigenvalue weighted by Gasteiger charge is -2.09. The van der Waals surface area contributed by atoms with Crippen LogP contribution in [0.2, 0.25) is 0 Å². The molecule has 0 bridgehead atoms. The van der Waals surface area contributed by atoms with Crippen molar-refractivity contribution in [3.63, 3.8) is 0 Å². The minimum Gasteiger partial charge on any atom is -0.384 e. The van der Waals surface area contributed by atoms with Gasteiger partial charge in [-0.15, -0.1) is 11.8 Å². The standard InChI is InChI=1S/C10H15N3O2S2/c1-7-3-4-13-10(8(7)9(11)12)16-5-6-17(2,14)15/h3-4H,5-6H2,1-2H3,(H3,11,12). The Labute approximate surface area is 105 Å². The Bertz CT molecular complexity index is 526. The van der Waals surface area contributed by atoms with Crippen LogP contribution in [-0.2, 0) is 9.84 Å². The van der Waals surface area contributed by atoms with E-state index in [2.05, 4.69) is 4.98 Å². The highest BCUT2D eigenvalue weighted by Crippen LogP contribution is 2.22. The highest BCUT2D eigenvalue weighted by Gasteiger charge is 2.11. The summed E-state index contributed by atoms with van der Waals surface area (Å²) in [6.45, 7) is 1.85. The first-order valence-corrected chi connectivity index (χ1v) is 7.96. The van der Waals surface area contributed by atoms with E-state index in [0.29, 0.717) is 16.3 Å². The number of aromatic nitrogens is 1. The Balaban J connectivity index is 2.85. The molecule has 1 aromatic heterocycles. The average molecular weight is 273 g/mol. The number of rotatable bonds is 5. The maximum atomic E-state index is 11.0. The lowest BCUT2D eigenvalue weighted by molar-refractivity contribution is 0.603. The molecular formula is C10H15N3O2S2. The van der Waals surface area contributed by atoms with Crippen LogP contribution in [-0.4, -0.2) is 37.0 Å².